The first-order chi connectivity index (χ1) is 11.7. The third-order valence-corrected chi connectivity index (χ3v) is 3.96. The van der Waals surface area contributed by atoms with Gasteiger partial charge in [0.15, 0.2) is 11.5 Å². The minimum absolute atomic E-state index is 0.0308. The summed E-state index contributed by atoms with van der Waals surface area (Å²) in [4.78, 5) is 12.0. The summed E-state index contributed by atoms with van der Waals surface area (Å²) >= 11 is 0. The van der Waals surface area contributed by atoms with E-state index in [1.165, 1.54) is 5.56 Å². The Morgan fingerprint density at radius 3 is 2.71 bits per heavy atom. The summed E-state index contributed by atoms with van der Waals surface area (Å²) in [5.74, 6) is 1.54. The number of hydrogen-bond acceptors (Lipinski definition) is 4. The van der Waals surface area contributed by atoms with Crippen LogP contribution in [0.1, 0.15) is 17.5 Å². The van der Waals surface area contributed by atoms with Crippen LogP contribution in [0, 0.1) is 6.92 Å². The molecule has 1 aliphatic rings. The second kappa shape index (κ2) is 7.73. The van der Waals surface area contributed by atoms with E-state index in [0.717, 1.165) is 22.7 Å². The molecule has 2 N–H and O–H groups in total. The maximum absolute atomic E-state index is 12.0. The minimum Gasteiger partial charge on any atom is -0.486 e. The monoisotopic (exact) mass is 326 g/mol. The van der Waals surface area contributed by atoms with Gasteiger partial charge < -0.3 is 20.1 Å². The number of carbonyl (C=O) groups excluding carboxylic acids is 1. The van der Waals surface area contributed by atoms with E-state index in [1.54, 1.807) is 0 Å². The van der Waals surface area contributed by atoms with Crippen LogP contribution in [-0.2, 0) is 11.3 Å². The second-order valence-electron chi connectivity index (χ2n) is 5.74. The van der Waals surface area contributed by atoms with Gasteiger partial charge in [-0.3, -0.25) is 4.79 Å². The molecule has 2 aromatic rings. The lowest BCUT2D eigenvalue weighted by Gasteiger charge is -2.19. The molecule has 0 aliphatic carbocycles. The molecule has 0 atom stereocenters. The summed E-state index contributed by atoms with van der Waals surface area (Å²) < 4.78 is 11.0. The average Bonchev–Trinajstić information content (AvgIpc) is 2.61. The van der Waals surface area contributed by atoms with E-state index in [9.17, 15) is 4.79 Å². The van der Waals surface area contributed by atoms with Gasteiger partial charge in [0.1, 0.15) is 13.2 Å². The van der Waals surface area contributed by atoms with E-state index in [2.05, 4.69) is 10.6 Å². The van der Waals surface area contributed by atoms with Gasteiger partial charge in [-0.2, -0.15) is 0 Å². The molecule has 0 spiro atoms. The van der Waals surface area contributed by atoms with Crippen LogP contribution in [0.2, 0.25) is 0 Å². The zero-order chi connectivity index (χ0) is 16.8. The predicted molar refractivity (Wildman–Crippen MR) is 93.6 cm³/mol. The molecule has 0 saturated carbocycles. The first-order valence-corrected chi connectivity index (χ1v) is 8.17. The molecule has 0 unspecified atom stereocenters. The Labute approximate surface area is 142 Å². The molecule has 3 rings (SSSR count). The van der Waals surface area contributed by atoms with E-state index >= 15 is 0 Å². The van der Waals surface area contributed by atoms with Crippen LogP contribution in [0.25, 0.3) is 0 Å². The smallest absolute Gasteiger partial charge is 0.222 e. The highest BCUT2D eigenvalue weighted by Gasteiger charge is 2.11. The lowest BCUT2D eigenvalue weighted by Crippen LogP contribution is -2.25. The van der Waals surface area contributed by atoms with Gasteiger partial charge in [-0.1, -0.05) is 24.3 Å². The van der Waals surface area contributed by atoms with Crippen molar-refractivity contribution in [3.05, 3.63) is 53.6 Å². The molecule has 0 fully saturated rings. The van der Waals surface area contributed by atoms with Crippen molar-refractivity contribution < 1.29 is 14.3 Å². The Hall–Kier alpha value is -2.69. The summed E-state index contributed by atoms with van der Waals surface area (Å²) in [6.07, 6.45) is 0.417. The van der Waals surface area contributed by atoms with Crippen molar-refractivity contribution in [2.45, 2.75) is 19.9 Å². The quantitative estimate of drug-likeness (QED) is 0.857. The van der Waals surface area contributed by atoms with Crippen molar-refractivity contribution in [3.8, 4) is 11.5 Å². The number of carbonyl (C=O) groups is 1. The van der Waals surface area contributed by atoms with E-state index < -0.39 is 0 Å². The summed E-state index contributed by atoms with van der Waals surface area (Å²) in [6.45, 7) is 4.33. The fourth-order valence-corrected chi connectivity index (χ4v) is 2.56. The molecule has 5 nitrogen and oxygen atoms in total. The Bertz CT molecular complexity index is 716. The van der Waals surface area contributed by atoms with Crippen molar-refractivity contribution >= 4 is 11.6 Å². The second-order valence-corrected chi connectivity index (χ2v) is 5.74. The predicted octanol–water partition coefficient (Wildman–Crippen LogP) is 2.88. The lowest BCUT2D eigenvalue weighted by atomic mass is 10.1. The van der Waals surface area contributed by atoms with Gasteiger partial charge >= 0.3 is 0 Å². The van der Waals surface area contributed by atoms with Crippen molar-refractivity contribution in [2.75, 3.05) is 25.1 Å². The van der Waals surface area contributed by atoms with Crippen LogP contribution in [-0.4, -0.2) is 25.7 Å². The molecule has 5 heteroatoms. The maximum Gasteiger partial charge on any atom is 0.222 e. The fourth-order valence-electron chi connectivity index (χ4n) is 2.56. The third-order valence-electron chi connectivity index (χ3n) is 3.96. The third kappa shape index (κ3) is 4.19. The normalized spacial score (nSPS) is 12.5. The molecule has 1 amide bonds. The number of anilines is 1. The van der Waals surface area contributed by atoms with Crippen LogP contribution in [0.5, 0.6) is 11.5 Å². The Morgan fingerprint density at radius 2 is 1.88 bits per heavy atom. The van der Waals surface area contributed by atoms with Gasteiger partial charge in [0, 0.05) is 31.3 Å². The van der Waals surface area contributed by atoms with Gasteiger partial charge in [-0.15, -0.1) is 0 Å². The van der Waals surface area contributed by atoms with Crippen molar-refractivity contribution in [1.82, 2.24) is 5.32 Å². The Morgan fingerprint density at radius 1 is 1.08 bits per heavy atom. The van der Waals surface area contributed by atoms with Gasteiger partial charge in [-0.25, -0.2) is 0 Å². The van der Waals surface area contributed by atoms with Gasteiger partial charge in [-0.05, 0) is 30.2 Å². The molecule has 2 aromatic carbocycles. The number of hydrogen-bond donors (Lipinski definition) is 2. The highest BCUT2D eigenvalue weighted by Crippen LogP contribution is 2.32. The molecule has 126 valence electrons. The number of aryl methyl sites for hydroxylation is 1. The van der Waals surface area contributed by atoms with E-state index in [4.69, 9.17) is 9.47 Å². The van der Waals surface area contributed by atoms with Gasteiger partial charge in [0.25, 0.3) is 0 Å². The van der Waals surface area contributed by atoms with E-state index in [1.807, 2.05) is 49.4 Å². The van der Waals surface area contributed by atoms with Crippen LogP contribution >= 0.6 is 0 Å². The molecular formula is C19H22N2O3. The maximum atomic E-state index is 12.0. The number of ether oxygens (including phenoxy) is 2. The topological polar surface area (TPSA) is 59.6 Å². The zero-order valence-corrected chi connectivity index (χ0v) is 13.8. The SMILES string of the molecule is Cc1ccccc1CNC(=O)CCNc1ccc2c(c1)OCCO2. The van der Waals surface area contributed by atoms with Crippen molar-refractivity contribution in [1.29, 1.82) is 0 Å². The molecule has 0 bridgehead atoms. The molecule has 0 radical (unpaired) electrons. The Kier molecular flexibility index (Phi) is 5.21. The summed E-state index contributed by atoms with van der Waals surface area (Å²) in [5.41, 5.74) is 3.25. The van der Waals surface area contributed by atoms with Gasteiger partial charge in [0.05, 0.1) is 0 Å². The van der Waals surface area contributed by atoms with Crippen molar-refractivity contribution in [3.63, 3.8) is 0 Å². The van der Waals surface area contributed by atoms with Crippen LogP contribution in [0.4, 0.5) is 5.69 Å². The van der Waals surface area contributed by atoms with Crippen molar-refractivity contribution in [2.24, 2.45) is 0 Å². The molecular weight excluding hydrogens is 304 g/mol. The number of benzene rings is 2. The first-order valence-electron chi connectivity index (χ1n) is 8.17. The zero-order valence-electron chi connectivity index (χ0n) is 13.8. The molecule has 24 heavy (non-hydrogen) atoms. The summed E-state index contributed by atoms with van der Waals surface area (Å²) in [5, 5.41) is 6.19. The number of amides is 1. The van der Waals surface area contributed by atoms with Crippen LogP contribution < -0.4 is 20.1 Å². The molecule has 0 saturated heterocycles. The summed E-state index contributed by atoms with van der Waals surface area (Å²) in [7, 11) is 0. The van der Waals surface area contributed by atoms with E-state index in [-0.39, 0.29) is 5.91 Å². The lowest BCUT2D eigenvalue weighted by molar-refractivity contribution is -0.121. The average molecular weight is 326 g/mol. The number of fused-ring (bicyclic) bond motifs is 1. The van der Waals surface area contributed by atoms with E-state index in [0.29, 0.717) is 32.7 Å². The molecule has 0 aromatic heterocycles. The van der Waals surface area contributed by atoms with Crippen LogP contribution in [0.15, 0.2) is 42.5 Å². The van der Waals surface area contributed by atoms with Gasteiger partial charge in [0.2, 0.25) is 5.91 Å². The molecule has 1 aliphatic heterocycles. The minimum atomic E-state index is 0.0308. The number of nitrogens with one attached hydrogen (secondary N) is 2. The Balaban J connectivity index is 1.43. The van der Waals surface area contributed by atoms with Crippen LogP contribution in [0.3, 0.4) is 0 Å². The fraction of sp³-hybridized carbons (Fsp3) is 0.316. The highest BCUT2D eigenvalue weighted by molar-refractivity contribution is 5.76. The summed E-state index contributed by atoms with van der Waals surface area (Å²) in [6, 6.07) is 13.8. The largest absolute Gasteiger partial charge is 0.486 e. The number of rotatable bonds is 6. The highest BCUT2D eigenvalue weighted by atomic mass is 16.6. The molecule has 1 heterocycles. The first kappa shape index (κ1) is 16.2. The standard InChI is InChI=1S/C19H22N2O3/c1-14-4-2-3-5-15(14)13-21-19(22)8-9-20-16-6-7-17-18(12-16)24-11-10-23-17/h2-7,12,20H,8-11,13H2,1H3,(H,21,22).